The molecule has 0 spiro atoms. The minimum Gasteiger partial charge on any atom is -0.358 e. The molecule has 0 saturated carbocycles. The lowest BCUT2D eigenvalue weighted by atomic mass is 9.98. The van der Waals surface area contributed by atoms with Gasteiger partial charge in [-0.1, -0.05) is 18.2 Å². The third-order valence-electron chi connectivity index (χ3n) is 2.66. The van der Waals surface area contributed by atoms with Crippen LogP contribution in [0.15, 0.2) is 30.3 Å². The number of rotatable bonds is 3. The maximum Gasteiger partial charge on any atom is 0.256 e. The van der Waals surface area contributed by atoms with Crippen molar-refractivity contribution in [2.45, 2.75) is 25.3 Å². The molecule has 3 N–H and O–H groups in total. The van der Waals surface area contributed by atoms with E-state index in [1.807, 2.05) is 30.3 Å². The highest BCUT2D eigenvalue weighted by Gasteiger charge is 2.30. The van der Waals surface area contributed by atoms with Gasteiger partial charge in [0, 0.05) is 17.6 Å². The van der Waals surface area contributed by atoms with Gasteiger partial charge in [-0.25, -0.2) is 8.78 Å². The molecular weight excluding hydrogens is 210 g/mol. The Hall–Kier alpha value is -1.42. The van der Waals surface area contributed by atoms with Crippen molar-refractivity contribution in [3.05, 3.63) is 36.0 Å². The Morgan fingerprint density at radius 2 is 2.06 bits per heavy atom. The smallest absolute Gasteiger partial charge is 0.256 e. The van der Waals surface area contributed by atoms with Crippen LogP contribution in [0.1, 0.15) is 12.6 Å². The quantitative estimate of drug-likeness (QED) is 0.827. The predicted molar refractivity (Wildman–Crippen MR) is 60.6 cm³/mol. The van der Waals surface area contributed by atoms with E-state index >= 15 is 0 Å². The number of benzene rings is 1. The Morgan fingerprint density at radius 1 is 1.38 bits per heavy atom. The Morgan fingerprint density at radius 3 is 2.69 bits per heavy atom. The molecule has 0 fully saturated rings. The summed E-state index contributed by atoms with van der Waals surface area (Å²) in [6.07, 6.45) is -2.39. The Labute approximate surface area is 92.5 Å². The minimum absolute atomic E-state index is 0.138. The fourth-order valence-electron chi connectivity index (χ4n) is 1.72. The van der Waals surface area contributed by atoms with E-state index in [-0.39, 0.29) is 6.42 Å². The first kappa shape index (κ1) is 11.1. The largest absolute Gasteiger partial charge is 0.358 e. The van der Waals surface area contributed by atoms with Crippen molar-refractivity contribution >= 4 is 10.9 Å². The first-order valence-electron chi connectivity index (χ1n) is 5.13. The fraction of sp³-hybridized carbons (Fsp3) is 0.333. The standard InChI is InChI=1S/C12H14F2N2/c1-12(15,11(13)14)7-9-6-8-4-2-3-5-10(8)16-9/h2-6,11,16H,7,15H2,1H3. The van der Waals surface area contributed by atoms with Crippen molar-refractivity contribution in [1.82, 2.24) is 4.98 Å². The van der Waals surface area contributed by atoms with E-state index in [2.05, 4.69) is 4.98 Å². The summed E-state index contributed by atoms with van der Waals surface area (Å²) in [5.74, 6) is 0. The predicted octanol–water partition coefficient (Wildman–Crippen LogP) is 2.69. The Bertz CT molecular complexity index is 455. The molecule has 0 amide bonds. The van der Waals surface area contributed by atoms with Crippen molar-refractivity contribution in [2.24, 2.45) is 5.73 Å². The van der Waals surface area contributed by atoms with Gasteiger partial charge in [0.25, 0.3) is 6.43 Å². The van der Waals surface area contributed by atoms with Crippen LogP contribution in [0.3, 0.4) is 0 Å². The number of aromatic amines is 1. The highest BCUT2D eigenvalue weighted by Crippen LogP contribution is 2.21. The summed E-state index contributed by atoms with van der Waals surface area (Å²) in [5.41, 5.74) is 5.75. The van der Waals surface area contributed by atoms with Crippen LogP contribution in [0.25, 0.3) is 10.9 Å². The molecule has 0 aliphatic heterocycles. The van der Waals surface area contributed by atoms with E-state index < -0.39 is 12.0 Å². The summed E-state index contributed by atoms with van der Waals surface area (Å²) < 4.78 is 25.2. The summed E-state index contributed by atoms with van der Waals surface area (Å²) in [5, 5.41) is 1.02. The third kappa shape index (κ3) is 2.07. The van der Waals surface area contributed by atoms with Gasteiger partial charge >= 0.3 is 0 Å². The molecule has 0 radical (unpaired) electrons. The van der Waals surface area contributed by atoms with Gasteiger partial charge in [0.05, 0.1) is 5.54 Å². The summed E-state index contributed by atoms with van der Waals surface area (Å²) in [7, 11) is 0. The molecule has 1 unspecified atom stereocenters. The molecule has 0 aliphatic carbocycles. The first-order valence-corrected chi connectivity index (χ1v) is 5.13. The highest BCUT2D eigenvalue weighted by molar-refractivity contribution is 5.80. The minimum atomic E-state index is -2.53. The van der Waals surface area contributed by atoms with Crippen LogP contribution in [0.2, 0.25) is 0 Å². The van der Waals surface area contributed by atoms with Gasteiger partial charge in [-0.05, 0) is 24.4 Å². The number of hydrogen-bond donors (Lipinski definition) is 2. The average molecular weight is 224 g/mol. The zero-order valence-corrected chi connectivity index (χ0v) is 9.00. The maximum absolute atomic E-state index is 12.6. The van der Waals surface area contributed by atoms with Crippen molar-refractivity contribution in [3.8, 4) is 0 Å². The number of H-pyrrole nitrogens is 1. The summed E-state index contributed by atoms with van der Waals surface area (Å²) >= 11 is 0. The monoisotopic (exact) mass is 224 g/mol. The van der Waals surface area contributed by atoms with Crippen LogP contribution in [-0.2, 0) is 6.42 Å². The third-order valence-corrected chi connectivity index (χ3v) is 2.66. The summed E-state index contributed by atoms with van der Waals surface area (Å²) in [4.78, 5) is 3.09. The number of nitrogens with two attached hydrogens (primary N) is 1. The second-order valence-electron chi connectivity index (χ2n) is 4.37. The summed E-state index contributed by atoms with van der Waals surface area (Å²) in [6.45, 7) is 1.36. The van der Waals surface area contributed by atoms with Crippen LogP contribution in [0.4, 0.5) is 8.78 Å². The van der Waals surface area contributed by atoms with Crippen LogP contribution >= 0.6 is 0 Å². The second-order valence-corrected chi connectivity index (χ2v) is 4.37. The Kier molecular flexibility index (Phi) is 2.68. The number of hydrogen-bond acceptors (Lipinski definition) is 1. The molecule has 1 aromatic heterocycles. The fourth-order valence-corrected chi connectivity index (χ4v) is 1.72. The summed E-state index contributed by atoms with van der Waals surface area (Å²) in [6, 6.07) is 9.52. The number of halogens is 2. The first-order chi connectivity index (χ1) is 7.49. The van der Waals surface area contributed by atoms with Gasteiger partial charge in [-0.2, -0.15) is 0 Å². The van der Waals surface area contributed by atoms with Gasteiger partial charge in [0.2, 0.25) is 0 Å². The van der Waals surface area contributed by atoms with Gasteiger partial charge < -0.3 is 10.7 Å². The van der Waals surface area contributed by atoms with Crippen LogP contribution in [0, 0.1) is 0 Å². The normalized spacial score (nSPS) is 15.6. The molecule has 86 valence electrons. The molecule has 16 heavy (non-hydrogen) atoms. The number of aromatic nitrogens is 1. The van der Waals surface area contributed by atoms with Crippen molar-refractivity contribution < 1.29 is 8.78 Å². The lowest BCUT2D eigenvalue weighted by molar-refractivity contribution is 0.0635. The van der Waals surface area contributed by atoms with Gasteiger partial charge in [0.15, 0.2) is 0 Å². The van der Waals surface area contributed by atoms with Crippen molar-refractivity contribution in [2.75, 3.05) is 0 Å². The Balaban J connectivity index is 2.28. The highest BCUT2D eigenvalue weighted by atomic mass is 19.3. The SMILES string of the molecule is CC(N)(Cc1cc2ccccc2[nH]1)C(F)F. The van der Waals surface area contributed by atoms with Crippen molar-refractivity contribution in [3.63, 3.8) is 0 Å². The molecule has 0 bridgehead atoms. The topological polar surface area (TPSA) is 41.8 Å². The van der Waals surface area contributed by atoms with Crippen LogP contribution in [-0.4, -0.2) is 16.9 Å². The van der Waals surface area contributed by atoms with Crippen molar-refractivity contribution in [1.29, 1.82) is 0 Å². The molecule has 2 nitrogen and oxygen atoms in total. The van der Waals surface area contributed by atoms with Crippen LogP contribution < -0.4 is 5.73 Å². The molecular formula is C12H14F2N2. The molecule has 2 rings (SSSR count). The van der Waals surface area contributed by atoms with Gasteiger partial charge in [0.1, 0.15) is 0 Å². The van der Waals surface area contributed by atoms with E-state index in [0.717, 1.165) is 16.6 Å². The molecule has 2 aromatic rings. The molecule has 1 atom stereocenters. The lowest BCUT2D eigenvalue weighted by Crippen LogP contribution is -2.45. The van der Waals surface area contributed by atoms with E-state index in [1.54, 1.807) is 0 Å². The van der Waals surface area contributed by atoms with E-state index in [1.165, 1.54) is 6.92 Å². The zero-order chi connectivity index (χ0) is 11.8. The molecule has 4 heteroatoms. The number of para-hydroxylation sites is 1. The second kappa shape index (κ2) is 3.87. The number of alkyl halides is 2. The number of nitrogens with one attached hydrogen (secondary N) is 1. The molecule has 0 saturated heterocycles. The maximum atomic E-state index is 12.6. The molecule has 1 heterocycles. The van der Waals surface area contributed by atoms with Gasteiger partial charge in [-0.15, -0.1) is 0 Å². The van der Waals surface area contributed by atoms with Crippen LogP contribution in [0.5, 0.6) is 0 Å². The van der Waals surface area contributed by atoms with E-state index in [0.29, 0.717) is 0 Å². The van der Waals surface area contributed by atoms with Gasteiger partial charge in [-0.3, -0.25) is 0 Å². The zero-order valence-electron chi connectivity index (χ0n) is 9.00. The molecule has 0 aliphatic rings. The molecule has 1 aromatic carbocycles. The van der Waals surface area contributed by atoms with E-state index in [9.17, 15) is 8.78 Å². The van der Waals surface area contributed by atoms with E-state index in [4.69, 9.17) is 5.73 Å². The number of fused-ring (bicyclic) bond motifs is 1. The lowest BCUT2D eigenvalue weighted by Gasteiger charge is -2.22. The average Bonchev–Trinajstić information content (AvgIpc) is 2.58.